The van der Waals surface area contributed by atoms with Crippen LogP contribution in [0.1, 0.15) is 11.1 Å². The molecule has 2 aromatic heterocycles. The first-order chi connectivity index (χ1) is 10.2. The zero-order valence-electron chi connectivity index (χ0n) is 11.6. The number of nitrogens with zero attached hydrogens (tertiary/aromatic N) is 2. The second-order valence-electron chi connectivity index (χ2n) is 4.78. The van der Waals surface area contributed by atoms with Crippen molar-refractivity contribution in [2.24, 2.45) is 0 Å². The summed E-state index contributed by atoms with van der Waals surface area (Å²) in [5, 5.41) is 10.5. The number of ether oxygens (including phenoxy) is 1. The van der Waals surface area contributed by atoms with Gasteiger partial charge in [-0.25, -0.2) is 4.98 Å². The maximum absolute atomic E-state index is 9.46. The minimum atomic E-state index is 0.0154. The van der Waals surface area contributed by atoms with Gasteiger partial charge in [-0.3, -0.25) is 0 Å². The summed E-state index contributed by atoms with van der Waals surface area (Å²) in [6.07, 6.45) is 3.72. The second-order valence-corrected chi connectivity index (χ2v) is 5.64. The van der Waals surface area contributed by atoms with Gasteiger partial charge in [0, 0.05) is 29.9 Å². The summed E-state index contributed by atoms with van der Waals surface area (Å²) < 4.78 is 8.22. The lowest BCUT2D eigenvalue weighted by atomic mass is 10.2. The summed E-state index contributed by atoms with van der Waals surface area (Å²) >= 11 is 3.50. The van der Waals surface area contributed by atoms with Crippen LogP contribution in [0.2, 0.25) is 0 Å². The van der Waals surface area contributed by atoms with Crippen LogP contribution < -0.4 is 4.74 Å². The molecule has 0 unspecified atom stereocenters. The molecule has 0 aliphatic rings. The Morgan fingerprint density at radius 3 is 2.90 bits per heavy atom. The quantitative estimate of drug-likeness (QED) is 0.787. The fourth-order valence-corrected chi connectivity index (χ4v) is 3.03. The van der Waals surface area contributed by atoms with Gasteiger partial charge in [0.05, 0.1) is 18.2 Å². The fourth-order valence-electron chi connectivity index (χ4n) is 2.45. The first-order valence-corrected chi connectivity index (χ1v) is 7.38. The zero-order chi connectivity index (χ0) is 14.8. The standard InChI is InChI=1S/C16H15BrN2O2/c1-21-15-5-4-11(7-14(15)17)8-19-9-12(10-20)13-3-2-6-18-16(13)19/h2-7,9,20H,8,10H2,1H3. The molecule has 0 atom stereocenters. The van der Waals surface area contributed by atoms with Gasteiger partial charge in [-0.15, -0.1) is 0 Å². The summed E-state index contributed by atoms with van der Waals surface area (Å²) in [7, 11) is 1.65. The molecule has 4 nitrogen and oxygen atoms in total. The Morgan fingerprint density at radius 2 is 2.19 bits per heavy atom. The van der Waals surface area contributed by atoms with Crippen LogP contribution in [0.3, 0.4) is 0 Å². The van der Waals surface area contributed by atoms with E-state index in [1.165, 1.54) is 0 Å². The van der Waals surface area contributed by atoms with Gasteiger partial charge in [0.2, 0.25) is 0 Å². The van der Waals surface area contributed by atoms with Gasteiger partial charge in [-0.1, -0.05) is 6.07 Å². The van der Waals surface area contributed by atoms with E-state index in [-0.39, 0.29) is 6.61 Å². The fraction of sp³-hybridized carbons (Fsp3) is 0.188. The molecule has 0 saturated carbocycles. The third kappa shape index (κ3) is 2.66. The van der Waals surface area contributed by atoms with E-state index in [9.17, 15) is 5.11 Å². The van der Waals surface area contributed by atoms with E-state index >= 15 is 0 Å². The number of fused-ring (bicyclic) bond motifs is 1. The molecule has 0 aliphatic carbocycles. The smallest absolute Gasteiger partial charge is 0.140 e. The molecular weight excluding hydrogens is 332 g/mol. The van der Waals surface area contributed by atoms with Crippen molar-refractivity contribution in [3.63, 3.8) is 0 Å². The number of aliphatic hydroxyl groups is 1. The highest BCUT2D eigenvalue weighted by Gasteiger charge is 2.09. The first-order valence-electron chi connectivity index (χ1n) is 6.59. The second kappa shape index (κ2) is 5.87. The summed E-state index contributed by atoms with van der Waals surface area (Å²) in [6, 6.07) is 9.86. The van der Waals surface area contributed by atoms with Crippen molar-refractivity contribution >= 4 is 27.0 Å². The van der Waals surface area contributed by atoms with Crippen LogP contribution in [0.5, 0.6) is 5.75 Å². The van der Waals surface area contributed by atoms with Gasteiger partial charge in [0.1, 0.15) is 11.4 Å². The van der Waals surface area contributed by atoms with Gasteiger partial charge in [-0.05, 0) is 45.8 Å². The highest BCUT2D eigenvalue weighted by molar-refractivity contribution is 9.10. The monoisotopic (exact) mass is 346 g/mol. The van der Waals surface area contributed by atoms with Crippen molar-refractivity contribution in [3.05, 3.63) is 58.3 Å². The molecule has 108 valence electrons. The van der Waals surface area contributed by atoms with Crippen LogP contribution in [0, 0.1) is 0 Å². The third-order valence-corrected chi connectivity index (χ3v) is 4.08. The minimum Gasteiger partial charge on any atom is -0.496 e. The summed E-state index contributed by atoms with van der Waals surface area (Å²) in [6.45, 7) is 0.706. The Hall–Kier alpha value is -1.85. The lowest BCUT2D eigenvalue weighted by Crippen LogP contribution is -1.99. The van der Waals surface area contributed by atoms with E-state index < -0.39 is 0 Å². The SMILES string of the molecule is COc1ccc(Cn2cc(CO)c3cccnc32)cc1Br. The third-order valence-electron chi connectivity index (χ3n) is 3.46. The topological polar surface area (TPSA) is 47.3 Å². The molecule has 2 heterocycles. The molecule has 0 radical (unpaired) electrons. The van der Waals surface area contributed by atoms with Crippen LogP contribution in [0.25, 0.3) is 11.0 Å². The Morgan fingerprint density at radius 1 is 1.33 bits per heavy atom. The van der Waals surface area contributed by atoms with Crippen LogP contribution in [-0.4, -0.2) is 21.8 Å². The average molecular weight is 347 g/mol. The summed E-state index contributed by atoms with van der Waals surface area (Å²) in [5.41, 5.74) is 2.91. The van der Waals surface area contributed by atoms with Crippen LogP contribution in [-0.2, 0) is 13.2 Å². The highest BCUT2D eigenvalue weighted by atomic mass is 79.9. The van der Waals surface area contributed by atoms with Gasteiger partial charge in [-0.2, -0.15) is 0 Å². The van der Waals surface area contributed by atoms with Crippen LogP contribution in [0.4, 0.5) is 0 Å². The Balaban J connectivity index is 2.00. The van der Waals surface area contributed by atoms with E-state index in [1.807, 2.05) is 36.5 Å². The minimum absolute atomic E-state index is 0.0154. The van der Waals surface area contributed by atoms with Crippen molar-refractivity contribution < 1.29 is 9.84 Å². The predicted octanol–water partition coefficient (Wildman–Crippen LogP) is 3.35. The van der Waals surface area contributed by atoms with Crippen molar-refractivity contribution in [1.29, 1.82) is 0 Å². The van der Waals surface area contributed by atoms with Gasteiger partial charge >= 0.3 is 0 Å². The highest BCUT2D eigenvalue weighted by Crippen LogP contribution is 2.27. The molecule has 0 amide bonds. The molecule has 1 aromatic carbocycles. The van der Waals surface area contributed by atoms with Gasteiger partial charge < -0.3 is 14.4 Å². The molecule has 0 bridgehead atoms. The number of hydrogen-bond acceptors (Lipinski definition) is 3. The van der Waals surface area contributed by atoms with Crippen LogP contribution in [0.15, 0.2) is 47.2 Å². The van der Waals surface area contributed by atoms with Gasteiger partial charge in [0.15, 0.2) is 0 Å². The van der Waals surface area contributed by atoms with Crippen molar-refractivity contribution in [1.82, 2.24) is 9.55 Å². The molecule has 0 saturated heterocycles. The number of benzene rings is 1. The molecule has 0 fully saturated rings. The Kier molecular flexibility index (Phi) is 3.94. The maximum Gasteiger partial charge on any atom is 0.140 e. The normalized spacial score (nSPS) is 11.0. The maximum atomic E-state index is 9.46. The number of halogens is 1. The van der Waals surface area contributed by atoms with E-state index in [1.54, 1.807) is 13.3 Å². The molecule has 21 heavy (non-hydrogen) atoms. The molecule has 5 heteroatoms. The van der Waals surface area contributed by atoms with Crippen molar-refractivity contribution in [2.45, 2.75) is 13.2 Å². The molecule has 3 aromatic rings. The average Bonchev–Trinajstić information content (AvgIpc) is 2.86. The van der Waals surface area contributed by atoms with E-state index in [0.29, 0.717) is 6.54 Å². The number of aliphatic hydroxyl groups excluding tert-OH is 1. The van der Waals surface area contributed by atoms with Crippen LogP contribution >= 0.6 is 15.9 Å². The van der Waals surface area contributed by atoms with E-state index in [4.69, 9.17) is 4.74 Å². The zero-order valence-corrected chi connectivity index (χ0v) is 13.2. The molecule has 3 rings (SSSR count). The first kappa shape index (κ1) is 14.1. The number of aromatic nitrogens is 2. The number of pyridine rings is 1. The number of hydrogen-bond donors (Lipinski definition) is 1. The van der Waals surface area contributed by atoms with Crippen molar-refractivity contribution in [2.75, 3.05) is 7.11 Å². The Bertz CT molecular complexity index is 783. The van der Waals surface area contributed by atoms with Crippen molar-refractivity contribution in [3.8, 4) is 5.75 Å². The number of methoxy groups -OCH3 is 1. The largest absolute Gasteiger partial charge is 0.496 e. The molecular formula is C16H15BrN2O2. The molecule has 0 aliphatic heterocycles. The Labute approximate surface area is 131 Å². The lowest BCUT2D eigenvalue weighted by molar-refractivity contribution is 0.283. The van der Waals surface area contributed by atoms with E-state index in [2.05, 4.69) is 25.5 Å². The summed E-state index contributed by atoms with van der Waals surface area (Å²) in [4.78, 5) is 4.42. The van der Waals surface area contributed by atoms with Gasteiger partial charge in [0.25, 0.3) is 0 Å². The van der Waals surface area contributed by atoms with E-state index in [0.717, 1.165) is 32.4 Å². The predicted molar refractivity (Wildman–Crippen MR) is 85.5 cm³/mol. The molecule has 1 N–H and O–H groups in total. The lowest BCUT2D eigenvalue weighted by Gasteiger charge is -2.08. The molecule has 0 spiro atoms. The number of rotatable bonds is 4. The summed E-state index contributed by atoms with van der Waals surface area (Å²) in [5.74, 6) is 0.810.